The van der Waals surface area contributed by atoms with Crippen molar-refractivity contribution in [1.82, 2.24) is 0 Å². The Morgan fingerprint density at radius 3 is 2.70 bits per heavy atom. The zero-order valence-electron chi connectivity index (χ0n) is 15.9. The minimum Gasteiger partial charge on any atom is -0.494 e. The number of hydrogen-bond acceptors (Lipinski definition) is 4. The highest BCUT2D eigenvalue weighted by Gasteiger charge is 2.15. The molecule has 0 radical (unpaired) electrons. The monoisotopic (exact) mass is 363 g/mol. The van der Waals surface area contributed by atoms with Crippen LogP contribution >= 0.6 is 0 Å². The van der Waals surface area contributed by atoms with Gasteiger partial charge < -0.3 is 13.9 Å². The van der Waals surface area contributed by atoms with Gasteiger partial charge in [-0.15, -0.1) is 0 Å². The fraction of sp³-hybridized carbons (Fsp3) is 0.348. The summed E-state index contributed by atoms with van der Waals surface area (Å²) in [6.07, 6.45) is 2.41. The molecule has 1 unspecified atom stereocenters. The maximum absolute atomic E-state index is 6.19. The van der Waals surface area contributed by atoms with E-state index in [-0.39, 0.29) is 6.10 Å². The van der Waals surface area contributed by atoms with Crippen LogP contribution in [0.4, 0.5) is 0 Å². The molecule has 1 aliphatic heterocycles. The first-order valence-electron chi connectivity index (χ1n) is 9.63. The van der Waals surface area contributed by atoms with Crippen LogP contribution in [0.2, 0.25) is 0 Å². The van der Waals surface area contributed by atoms with Crippen molar-refractivity contribution in [3.05, 3.63) is 59.5 Å². The standard InChI is InChI=1S/C23H25NO3/c1-3-25-18-10-11-22-20(13-18)21(24-15-19-5-4-12-26-19)14-23(27-22)17-8-6-16(2)7-9-17/h6-11,13-14,19H,3-5,12,15H2,1-2H3. The van der Waals surface area contributed by atoms with Crippen LogP contribution in [0.3, 0.4) is 0 Å². The van der Waals surface area contributed by atoms with Crippen molar-refractivity contribution in [2.75, 3.05) is 19.8 Å². The Bertz CT molecular complexity index is 983. The molecule has 2 heterocycles. The van der Waals surface area contributed by atoms with Crippen molar-refractivity contribution in [3.8, 4) is 17.1 Å². The summed E-state index contributed by atoms with van der Waals surface area (Å²) in [5.74, 6) is 1.65. The molecule has 27 heavy (non-hydrogen) atoms. The molecule has 1 fully saturated rings. The average molecular weight is 363 g/mol. The second kappa shape index (κ2) is 7.97. The van der Waals surface area contributed by atoms with Crippen LogP contribution in [-0.2, 0) is 4.74 Å². The summed E-state index contributed by atoms with van der Waals surface area (Å²) >= 11 is 0. The molecule has 4 nitrogen and oxygen atoms in total. The maximum atomic E-state index is 6.19. The lowest BCUT2D eigenvalue weighted by Crippen LogP contribution is -2.13. The van der Waals surface area contributed by atoms with Gasteiger partial charge in [0.2, 0.25) is 0 Å². The van der Waals surface area contributed by atoms with Crippen LogP contribution in [0.5, 0.6) is 5.75 Å². The molecule has 3 aromatic rings. The molecule has 1 saturated heterocycles. The third-order valence-corrected chi connectivity index (χ3v) is 4.85. The highest BCUT2D eigenvalue weighted by atomic mass is 16.5. The van der Waals surface area contributed by atoms with E-state index in [0.717, 1.165) is 52.8 Å². The molecular weight excluding hydrogens is 338 g/mol. The quantitative estimate of drug-likeness (QED) is 0.648. The van der Waals surface area contributed by atoms with Crippen molar-refractivity contribution in [2.45, 2.75) is 32.8 Å². The van der Waals surface area contributed by atoms with Gasteiger partial charge in [-0.1, -0.05) is 29.8 Å². The molecule has 0 bridgehead atoms. The Kier molecular flexibility index (Phi) is 5.26. The van der Waals surface area contributed by atoms with Gasteiger partial charge in [0.15, 0.2) is 0 Å². The van der Waals surface area contributed by atoms with E-state index in [1.165, 1.54) is 5.56 Å². The topological polar surface area (TPSA) is 44.0 Å². The van der Waals surface area contributed by atoms with Gasteiger partial charge in [-0.05, 0) is 44.9 Å². The Hall–Kier alpha value is -2.59. The maximum Gasteiger partial charge on any atom is 0.137 e. The van der Waals surface area contributed by atoms with Crippen LogP contribution in [0.25, 0.3) is 22.3 Å². The highest BCUT2D eigenvalue weighted by Crippen LogP contribution is 2.25. The lowest BCUT2D eigenvalue weighted by Gasteiger charge is -2.09. The van der Waals surface area contributed by atoms with Gasteiger partial charge in [0, 0.05) is 23.6 Å². The number of benzene rings is 2. The molecule has 0 amide bonds. The lowest BCUT2D eigenvalue weighted by atomic mass is 10.1. The van der Waals surface area contributed by atoms with Crippen LogP contribution < -0.4 is 10.1 Å². The predicted octanol–water partition coefficient (Wildman–Crippen LogP) is 4.89. The predicted molar refractivity (Wildman–Crippen MR) is 107 cm³/mol. The van der Waals surface area contributed by atoms with Gasteiger partial charge in [0.05, 0.1) is 24.6 Å². The fourth-order valence-electron chi connectivity index (χ4n) is 3.38. The normalized spacial score (nSPS) is 17.6. The molecule has 0 spiro atoms. The molecule has 4 heteroatoms. The van der Waals surface area contributed by atoms with Crippen LogP contribution in [-0.4, -0.2) is 25.9 Å². The van der Waals surface area contributed by atoms with E-state index >= 15 is 0 Å². The third kappa shape index (κ3) is 4.06. The molecule has 0 aliphatic carbocycles. The summed E-state index contributed by atoms with van der Waals surface area (Å²) in [7, 11) is 0. The Labute approximate surface area is 159 Å². The lowest BCUT2D eigenvalue weighted by molar-refractivity contribution is 0.117. The van der Waals surface area contributed by atoms with E-state index in [9.17, 15) is 0 Å². The SMILES string of the molecule is CCOc1ccc2oc(-c3ccc(C)cc3)cc(=NCC3CCCO3)c2c1. The van der Waals surface area contributed by atoms with E-state index in [1.807, 2.05) is 31.2 Å². The Balaban J connectivity index is 1.82. The van der Waals surface area contributed by atoms with E-state index in [4.69, 9.17) is 18.9 Å². The van der Waals surface area contributed by atoms with Crippen molar-refractivity contribution in [1.29, 1.82) is 0 Å². The Morgan fingerprint density at radius 2 is 1.96 bits per heavy atom. The van der Waals surface area contributed by atoms with E-state index < -0.39 is 0 Å². The zero-order valence-corrected chi connectivity index (χ0v) is 15.9. The smallest absolute Gasteiger partial charge is 0.137 e. The molecule has 1 aliphatic rings. The van der Waals surface area contributed by atoms with Gasteiger partial charge in [-0.25, -0.2) is 0 Å². The highest BCUT2D eigenvalue weighted by molar-refractivity contribution is 5.80. The molecule has 2 aromatic carbocycles. The number of ether oxygens (including phenoxy) is 2. The van der Waals surface area contributed by atoms with Gasteiger partial charge in [0.1, 0.15) is 17.1 Å². The first-order chi connectivity index (χ1) is 13.2. The number of rotatable bonds is 5. The van der Waals surface area contributed by atoms with Gasteiger partial charge in [-0.3, -0.25) is 4.99 Å². The summed E-state index contributed by atoms with van der Waals surface area (Å²) in [6.45, 7) is 6.21. The summed E-state index contributed by atoms with van der Waals surface area (Å²) in [4.78, 5) is 4.88. The van der Waals surface area contributed by atoms with E-state index in [2.05, 4.69) is 31.2 Å². The van der Waals surface area contributed by atoms with Gasteiger partial charge in [0.25, 0.3) is 0 Å². The first-order valence-corrected chi connectivity index (χ1v) is 9.63. The summed E-state index contributed by atoms with van der Waals surface area (Å²) < 4.78 is 17.6. The Morgan fingerprint density at radius 1 is 1.11 bits per heavy atom. The second-order valence-corrected chi connectivity index (χ2v) is 6.93. The van der Waals surface area contributed by atoms with Crippen LogP contribution in [0.15, 0.2) is 57.9 Å². The number of aryl methyl sites for hydroxylation is 1. The molecular formula is C23H25NO3. The van der Waals surface area contributed by atoms with E-state index in [0.29, 0.717) is 13.2 Å². The molecule has 1 atom stereocenters. The zero-order chi connectivity index (χ0) is 18.6. The summed E-state index contributed by atoms with van der Waals surface area (Å²) in [6, 6.07) is 16.3. The first kappa shape index (κ1) is 17.8. The fourth-order valence-corrected chi connectivity index (χ4v) is 3.38. The van der Waals surface area contributed by atoms with Gasteiger partial charge in [-0.2, -0.15) is 0 Å². The van der Waals surface area contributed by atoms with Crippen molar-refractivity contribution >= 4 is 11.0 Å². The minimum absolute atomic E-state index is 0.218. The minimum atomic E-state index is 0.218. The van der Waals surface area contributed by atoms with Crippen LogP contribution in [0.1, 0.15) is 25.3 Å². The third-order valence-electron chi connectivity index (χ3n) is 4.85. The largest absolute Gasteiger partial charge is 0.494 e. The number of fused-ring (bicyclic) bond motifs is 1. The average Bonchev–Trinajstić information content (AvgIpc) is 3.20. The number of nitrogens with zero attached hydrogens (tertiary/aromatic N) is 1. The summed E-state index contributed by atoms with van der Waals surface area (Å²) in [5.41, 5.74) is 3.08. The van der Waals surface area contributed by atoms with Gasteiger partial charge >= 0.3 is 0 Å². The number of hydrogen-bond donors (Lipinski definition) is 0. The van der Waals surface area contributed by atoms with Crippen LogP contribution in [0, 0.1) is 6.92 Å². The second-order valence-electron chi connectivity index (χ2n) is 6.93. The van der Waals surface area contributed by atoms with Crippen molar-refractivity contribution < 1.29 is 13.9 Å². The summed E-state index contributed by atoms with van der Waals surface area (Å²) in [5, 5.41) is 1.89. The molecule has 0 saturated carbocycles. The molecule has 1 aromatic heterocycles. The molecule has 140 valence electrons. The molecule has 4 rings (SSSR count). The molecule has 0 N–H and O–H groups in total. The van der Waals surface area contributed by atoms with E-state index in [1.54, 1.807) is 0 Å². The van der Waals surface area contributed by atoms with Crippen molar-refractivity contribution in [2.24, 2.45) is 4.99 Å². The van der Waals surface area contributed by atoms with Crippen molar-refractivity contribution in [3.63, 3.8) is 0 Å².